The zero-order valence-corrected chi connectivity index (χ0v) is 14.1. The summed E-state index contributed by atoms with van der Waals surface area (Å²) in [6, 6.07) is 17.7. The maximum Gasteiger partial charge on any atom is 0.0107 e. The summed E-state index contributed by atoms with van der Waals surface area (Å²) in [4.78, 5) is 8.36. The van der Waals surface area contributed by atoms with Gasteiger partial charge in [-0.05, 0) is 6.20 Å². The standard InChI is InChI=1S/C18H10N2.Y/c1-2-4-17-15(3-1)10-20-12-18(17)14-6-5-13-7-8-19-11-16(13)9-14;/h1-8,10-11H;/q-2;. The molecule has 21 heavy (non-hydrogen) atoms. The maximum absolute atomic E-state index is 4.21. The van der Waals surface area contributed by atoms with Crippen LogP contribution >= 0.6 is 0 Å². The SMILES string of the molecule is [Y].[c-]1ncc2ccccc2c1-c1[c-]c2cnccc2cc1. The fourth-order valence-electron chi connectivity index (χ4n) is 2.43. The van der Waals surface area contributed by atoms with Crippen LogP contribution in [0.1, 0.15) is 0 Å². The molecule has 0 aliphatic carbocycles. The molecule has 0 saturated carbocycles. The second-order valence-electron chi connectivity index (χ2n) is 4.67. The molecule has 97 valence electrons. The van der Waals surface area contributed by atoms with Gasteiger partial charge in [0.05, 0.1) is 0 Å². The van der Waals surface area contributed by atoms with E-state index in [2.05, 4.69) is 46.5 Å². The molecule has 0 amide bonds. The molecular formula is C18H10N2Y-2. The first kappa shape index (κ1) is 14.3. The van der Waals surface area contributed by atoms with Crippen molar-refractivity contribution in [2.24, 2.45) is 0 Å². The number of rotatable bonds is 1. The Morgan fingerprint density at radius 3 is 2.71 bits per heavy atom. The number of hydrogen-bond acceptors (Lipinski definition) is 2. The van der Waals surface area contributed by atoms with Crippen LogP contribution in [-0.2, 0) is 32.7 Å². The van der Waals surface area contributed by atoms with Gasteiger partial charge in [-0.3, -0.25) is 0 Å². The molecule has 0 aliphatic rings. The summed E-state index contributed by atoms with van der Waals surface area (Å²) < 4.78 is 0. The first-order chi connectivity index (χ1) is 9.92. The zero-order chi connectivity index (χ0) is 13.4. The van der Waals surface area contributed by atoms with Crippen LogP contribution in [0, 0.1) is 12.3 Å². The molecule has 0 atom stereocenters. The average molecular weight is 343 g/mol. The van der Waals surface area contributed by atoms with Crippen molar-refractivity contribution in [1.82, 2.24) is 9.97 Å². The molecule has 0 spiro atoms. The minimum atomic E-state index is 0. The molecule has 3 heteroatoms. The molecule has 0 unspecified atom stereocenters. The fraction of sp³-hybridized carbons (Fsp3) is 0. The molecule has 4 rings (SSSR count). The van der Waals surface area contributed by atoms with Gasteiger partial charge in [-0.25, -0.2) is 0 Å². The predicted octanol–water partition coefficient (Wildman–Crippen LogP) is 4.05. The number of hydrogen-bond donors (Lipinski definition) is 0. The Morgan fingerprint density at radius 1 is 0.857 bits per heavy atom. The molecular weight excluding hydrogens is 333 g/mol. The van der Waals surface area contributed by atoms with Crippen molar-refractivity contribution in [1.29, 1.82) is 0 Å². The van der Waals surface area contributed by atoms with Crippen molar-refractivity contribution in [3.05, 3.63) is 73.3 Å². The summed E-state index contributed by atoms with van der Waals surface area (Å²) >= 11 is 0. The number of pyridine rings is 2. The molecule has 0 aliphatic heterocycles. The molecule has 0 saturated heterocycles. The maximum atomic E-state index is 4.21. The summed E-state index contributed by atoms with van der Waals surface area (Å²) in [6.07, 6.45) is 8.55. The Hall–Kier alpha value is -1.64. The van der Waals surface area contributed by atoms with Crippen LogP contribution in [0.5, 0.6) is 0 Å². The quantitative estimate of drug-likeness (QED) is 0.488. The first-order valence-corrected chi connectivity index (χ1v) is 6.44. The van der Waals surface area contributed by atoms with Crippen molar-refractivity contribution in [3.8, 4) is 11.1 Å². The zero-order valence-electron chi connectivity index (χ0n) is 11.2. The number of nitrogens with zero attached hydrogens (tertiary/aromatic N) is 2. The van der Waals surface area contributed by atoms with Crippen LogP contribution in [0.3, 0.4) is 0 Å². The molecule has 2 aromatic carbocycles. The third kappa shape index (κ3) is 2.62. The third-order valence-corrected chi connectivity index (χ3v) is 3.43. The number of fused-ring (bicyclic) bond motifs is 2. The molecule has 2 heterocycles. The van der Waals surface area contributed by atoms with Gasteiger partial charge in [0.2, 0.25) is 0 Å². The smallest absolute Gasteiger partial charge is 0.0107 e. The van der Waals surface area contributed by atoms with Crippen LogP contribution in [-0.4, -0.2) is 9.97 Å². The second-order valence-corrected chi connectivity index (χ2v) is 4.67. The van der Waals surface area contributed by atoms with Gasteiger partial charge < -0.3 is 9.97 Å². The van der Waals surface area contributed by atoms with Gasteiger partial charge in [0.15, 0.2) is 0 Å². The molecule has 1 radical (unpaired) electrons. The number of benzene rings is 2. The number of aromatic nitrogens is 2. The minimum absolute atomic E-state index is 0. The fourth-order valence-corrected chi connectivity index (χ4v) is 2.43. The summed E-state index contributed by atoms with van der Waals surface area (Å²) in [5.41, 5.74) is 1.98. The Kier molecular flexibility index (Phi) is 4.09. The van der Waals surface area contributed by atoms with Crippen LogP contribution in [0.25, 0.3) is 32.7 Å². The minimum Gasteiger partial charge on any atom is -0.368 e. The van der Waals surface area contributed by atoms with E-state index in [0.29, 0.717) is 0 Å². The van der Waals surface area contributed by atoms with Gasteiger partial charge in [0, 0.05) is 38.9 Å². The van der Waals surface area contributed by atoms with Gasteiger partial charge in [-0.1, -0.05) is 47.4 Å². The van der Waals surface area contributed by atoms with Crippen LogP contribution < -0.4 is 0 Å². The Balaban J connectivity index is 0.00000132. The summed E-state index contributed by atoms with van der Waals surface area (Å²) in [7, 11) is 0. The molecule has 2 nitrogen and oxygen atoms in total. The van der Waals surface area contributed by atoms with E-state index in [1.54, 1.807) is 6.20 Å². The van der Waals surface area contributed by atoms with E-state index in [1.165, 1.54) is 0 Å². The first-order valence-electron chi connectivity index (χ1n) is 6.44. The van der Waals surface area contributed by atoms with Gasteiger partial charge >= 0.3 is 0 Å². The van der Waals surface area contributed by atoms with E-state index < -0.39 is 0 Å². The summed E-state index contributed by atoms with van der Waals surface area (Å²) in [6.45, 7) is 0. The van der Waals surface area contributed by atoms with E-state index in [0.717, 1.165) is 32.7 Å². The van der Waals surface area contributed by atoms with E-state index in [9.17, 15) is 0 Å². The molecule has 2 aromatic heterocycles. The molecule has 0 bridgehead atoms. The van der Waals surface area contributed by atoms with E-state index in [4.69, 9.17) is 0 Å². The molecule has 0 N–H and O–H groups in total. The van der Waals surface area contributed by atoms with Gasteiger partial charge in [-0.15, -0.1) is 22.9 Å². The topological polar surface area (TPSA) is 25.8 Å². The van der Waals surface area contributed by atoms with Crippen molar-refractivity contribution in [2.45, 2.75) is 0 Å². The summed E-state index contributed by atoms with van der Waals surface area (Å²) in [5, 5.41) is 4.39. The average Bonchev–Trinajstić information content (AvgIpc) is 2.54. The summed E-state index contributed by atoms with van der Waals surface area (Å²) in [5.74, 6) is 0. The van der Waals surface area contributed by atoms with Gasteiger partial charge in [0.25, 0.3) is 0 Å². The van der Waals surface area contributed by atoms with Crippen molar-refractivity contribution in [3.63, 3.8) is 0 Å². The van der Waals surface area contributed by atoms with Crippen LogP contribution in [0.4, 0.5) is 0 Å². The van der Waals surface area contributed by atoms with Crippen molar-refractivity contribution in [2.75, 3.05) is 0 Å². The van der Waals surface area contributed by atoms with E-state index >= 15 is 0 Å². The van der Waals surface area contributed by atoms with Gasteiger partial charge in [0.1, 0.15) is 0 Å². The van der Waals surface area contributed by atoms with E-state index in [1.807, 2.05) is 30.6 Å². The Labute approximate surface area is 148 Å². The predicted molar refractivity (Wildman–Crippen MR) is 80.2 cm³/mol. The second kappa shape index (κ2) is 6.01. The van der Waals surface area contributed by atoms with Crippen molar-refractivity contribution >= 4 is 21.5 Å². The Bertz CT molecular complexity index is 913. The molecule has 4 aromatic rings. The van der Waals surface area contributed by atoms with Gasteiger partial charge in [-0.2, -0.15) is 23.3 Å². The largest absolute Gasteiger partial charge is 0.368 e. The van der Waals surface area contributed by atoms with Crippen molar-refractivity contribution < 1.29 is 32.7 Å². The molecule has 0 fully saturated rings. The Morgan fingerprint density at radius 2 is 1.76 bits per heavy atom. The monoisotopic (exact) mass is 343 g/mol. The van der Waals surface area contributed by atoms with Crippen LogP contribution in [0.2, 0.25) is 0 Å². The van der Waals surface area contributed by atoms with E-state index in [-0.39, 0.29) is 32.7 Å². The third-order valence-electron chi connectivity index (χ3n) is 3.43. The normalized spacial score (nSPS) is 10.5. The van der Waals surface area contributed by atoms with Crippen LogP contribution in [0.15, 0.2) is 61.1 Å².